The molecule has 25 heavy (non-hydrogen) atoms. The molecule has 1 N–H and O–H groups in total. The van der Waals surface area contributed by atoms with Gasteiger partial charge in [-0.3, -0.25) is 4.79 Å². The van der Waals surface area contributed by atoms with Gasteiger partial charge < -0.3 is 5.32 Å². The van der Waals surface area contributed by atoms with Crippen molar-refractivity contribution >= 4 is 46.6 Å². The van der Waals surface area contributed by atoms with E-state index < -0.39 is 22.9 Å². The van der Waals surface area contributed by atoms with E-state index in [2.05, 4.69) is 5.32 Å². The Kier molecular flexibility index (Phi) is 6.65. The Hall–Kier alpha value is -1.37. The number of alkyl halides is 3. The molecule has 0 aliphatic carbocycles. The monoisotopic (exact) mass is 407 g/mol. The van der Waals surface area contributed by atoms with Gasteiger partial charge in [0, 0.05) is 14.9 Å². The SMILES string of the molecule is CC[C@H](Sc1ccc(Cl)cc1)C(=O)Nc1ccc(Cl)cc1C(F)(F)F. The predicted molar refractivity (Wildman–Crippen MR) is 96.5 cm³/mol. The molecule has 2 aromatic carbocycles. The van der Waals surface area contributed by atoms with Gasteiger partial charge in [-0.25, -0.2) is 0 Å². The van der Waals surface area contributed by atoms with Crippen molar-refractivity contribution in [2.24, 2.45) is 0 Å². The summed E-state index contributed by atoms with van der Waals surface area (Å²) in [6.45, 7) is 1.79. The van der Waals surface area contributed by atoms with Crippen LogP contribution in [0.25, 0.3) is 0 Å². The highest BCUT2D eigenvalue weighted by molar-refractivity contribution is 8.00. The molecule has 0 unspecified atom stereocenters. The summed E-state index contributed by atoms with van der Waals surface area (Å²) >= 11 is 12.7. The molecule has 0 fully saturated rings. The number of thioether (sulfide) groups is 1. The number of amides is 1. The topological polar surface area (TPSA) is 29.1 Å². The van der Waals surface area contributed by atoms with Crippen LogP contribution in [0.15, 0.2) is 47.4 Å². The van der Waals surface area contributed by atoms with Crippen molar-refractivity contribution < 1.29 is 18.0 Å². The molecule has 2 nitrogen and oxygen atoms in total. The average molecular weight is 408 g/mol. The number of nitrogens with one attached hydrogen (secondary N) is 1. The summed E-state index contributed by atoms with van der Waals surface area (Å²) in [7, 11) is 0. The number of rotatable bonds is 5. The normalized spacial score (nSPS) is 12.7. The number of carbonyl (C=O) groups excluding carboxylic acids is 1. The first kappa shape index (κ1) is 19.9. The molecule has 1 amide bonds. The first-order valence-corrected chi connectivity index (χ1v) is 8.94. The molecule has 0 aromatic heterocycles. The van der Waals surface area contributed by atoms with Crippen LogP contribution in [0.2, 0.25) is 10.0 Å². The van der Waals surface area contributed by atoms with Crippen molar-refractivity contribution in [1.29, 1.82) is 0 Å². The molecule has 0 heterocycles. The summed E-state index contributed by atoms with van der Waals surface area (Å²) in [5.41, 5.74) is -1.28. The first-order valence-electron chi connectivity index (χ1n) is 7.30. The van der Waals surface area contributed by atoms with E-state index in [1.54, 1.807) is 31.2 Å². The molecule has 134 valence electrons. The van der Waals surface area contributed by atoms with E-state index in [9.17, 15) is 18.0 Å². The fourth-order valence-corrected chi connectivity index (χ4v) is 3.33. The van der Waals surface area contributed by atoms with Crippen molar-refractivity contribution in [3.8, 4) is 0 Å². The van der Waals surface area contributed by atoms with Crippen molar-refractivity contribution in [3.63, 3.8) is 0 Å². The van der Waals surface area contributed by atoms with Crippen LogP contribution in [0.4, 0.5) is 18.9 Å². The van der Waals surface area contributed by atoms with Gasteiger partial charge in [0.2, 0.25) is 5.91 Å². The smallest absolute Gasteiger partial charge is 0.325 e. The number of hydrogen-bond acceptors (Lipinski definition) is 2. The Bertz CT molecular complexity index is 751. The highest BCUT2D eigenvalue weighted by Gasteiger charge is 2.34. The maximum Gasteiger partial charge on any atom is 0.418 e. The highest BCUT2D eigenvalue weighted by Crippen LogP contribution is 2.37. The first-order chi connectivity index (χ1) is 11.7. The molecule has 1 atom stereocenters. The second kappa shape index (κ2) is 8.34. The van der Waals surface area contributed by atoms with E-state index in [4.69, 9.17) is 23.2 Å². The van der Waals surface area contributed by atoms with E-state index in [1.807, 2.05) is 0 Å². The molecule has 0 aliphatic heterocycles. The number of halogens is 5. The second-order valence-corrected chi connectivity index (χ2v) is 7.29. The summed E-state index contributed by atoms with van der Waals surface area (Å²) in [4.78, 5) is 13.2. The zero-order valence-electron chi connectivity index (χ0n) is 13.0. The largest absolute Gasteiger partial charge is 0.418 e. The van der Waals surface area contributed by atoms with Gasteiger partial charge in [-0.2, -0.15) is 13.2 Å². The number of carbonyl (C=O) groups is 1. The molecule has 0 radical (unpaired) electrons. The Morgan fingerprint density at radius 2 is 1.72 bits per heavy atom. The van der Waals surface area contributed by atoms with Crippen LogP contribution in [0.3, 0.4) is 0 Å². The highest BCUT2D eigenvalue weighted by atomic mass is 35.5. The van der Waals surface area contributed by atoms with Crippen molar-refractivity contribution in [3.05, 3.63) is 58.1 Å². The number of anilines is 1. The second-order valence-electron chi connectivity index (χ2n) is 5.15. The lowest BCUT2D eigenvalue weighted by atomic mass is 10.1. The van der Waals surface area contributed by atoms with Gasteiger partial charge >= 0.3 is 6.18 Å². The zero-order valence-corrected chi connectivity index (χ0v) is 15.4. The number of benzene rings is 2. The maximum absolute atomic E-state index is 13.1. The minimum absolute atomic E-state index is 0.0482. The fourth-order valence-electron chi connectivity index (χ4n) is 2.07. The zero-order chi connectivity index (χ0) is 18.6. The van der Waals surface area contributed by atoms with Crippen molar-refractivity contribution in [1.82, 2.24) is 0 Å². The van der Waals surface area contributed by atoms with Gasteiger partial charge in [0.25, 0.3) is 0 Å². The summed E-state index contributed by atoms with van der Waals surface area (Å²) in [5.74, 6) is -0.504. The molecule has 0 saturated heterocycles. The van der Waals surface area contributed by atoms with Crippen LogP contribution in [0.5, 0.6) is 0 Å². The van der Waals surface area contributed by atoms with Gasteiger partial charge in [0.1, 0.15) is 0 Å². The van der Waals surface area contributed by atoms with E-state index in [0.29, 0.717) is 11.4 Å². The van der Waals surface area contributed by atoms with Crippen LogP contribution in [-0.4, -0.2) is 11.2 Å². The Balaban J connectivity index is 2.18. The van der Waals surface area contributed by atoms with Crippen LogP contribution < -0.4 is 5.32 Å². The minimum atomic E-state index is -4.61. The van der Waals surface area contributed by atoms with Gasteiger partial charge in [-0.05, 0) is 48.9 Å². The van der Waals surface area contributed by atoms with Gasteiger partial charge in [-0.1, -0.05) is 30.1 Å². The average Bonchev–Trinajstić information content (AvgIpc) is 2.55. The van der Waals surface area contributed by atoms with E-state index >= 15 is 0 Å². The third-order valence-corrected chi connectivity index (χ3v) is 5.16. The Morgan fingerprint density at radius 1 is 1.12 bits per heavy atom. The lowest BCUT2D eigenvalue weighted by molar-refractivity contribution is -0.137. The molecular formula is C17H14Cl2F3NOS. The lowest BCUT2D eigenvalue weighted by Gasteiger charge is -2.18. The summed E-state index contributed by atoms with van der Waals surface area (Å²) in [6.07, 6.45) is -4.16. The van der Waals surface area contributed by atoms with Crippen LogP contribution in [0.1, 0.15) is 18.9 Å². The summed E-state index contributed by atoms with van der Waals surface area (Å²) in [6, 6.07) is 10.1. The molecule has 2 rings (SSSR count). The lowest BCUT2D eigenvalue weighted by Crippen LogP contribution is -2.26. The van der Waals surface area contributed by atoms with Gasteiger partial charge in [0.05, 0.1) is 16.5 Å². The Morgan fingerprint density at radius 3 is 2.28 bits per heavy atom. The predicted octanol–water partition coefficient (Wildman–Crippen LogP) is 6.52. The minimum Gasteiger partial charge on any atom is -0.325 e. The van der Waals surface area contributed by atoms with Crippen LogP contribution >= 0.6 is 35.0 Å². The van der Waals surface area contributed by atoms with Crippen LogP contribution in [0, 0.1) is 0 Å². The molecule has 8 heteroatoms. The van der Waals surface area contributed by atoms with Gasteiger partial charge in [0.15, 0.2) is 0 Å². The molecule has 2 aromatic rings. The molecular weight excluding hydrogens is 394 g/mol. The fraction of sp³-hybridized carbons (Fsp3) is 0.235. The molecule has 0 aliphatic rings. The van der Waals surface area contributed by atoms with Crippen molar-refractivity contribution in [2.75, 3.05) is 5.32 Å². The van der Waals surface area contributed by atoms with Crippen LogP contribution in [-0.2, 0) is 11.0 Å². The van der Waals surface area contributed by atoms with E-state index in [-0.39, 0.29) is 10.7 Å². The third kappa shape index (κ3) is 5.56. The van der Waals surface area contributed by atoms with E-state index in [0.717, 1.165) is 17.0 Å². The summed E-state index contributed by atoms with van der Waals surface area (Å²) < 4.78 is 39.4. The third-order valence-electron chi connectivity index (χ3n) is 3.30. The standard InChI is InChI=1S/C17H14Cl2F3NOS/c1-2-15(25-12-6-3-10(18)4-7-12)16(24)23-14-8-5-11(19)9-13(14)17(20,21)22/h3-9,15H,2H2,1H3,(H,23,24)/t15-/m0/s1. The molecule has 0 spiro atoms. The maximum atomic E-state index is 13.1. The van der Waals surface area contributed by atoms with Crippen molar-refractivity contribution in [2.45, 2.75) is 29.7 Å². The molecule has 0 saturated carbocycles. The quantitative estimate of drug-likeness (QED) is 0.571. The van der Waals surface area contributed by atoms with E-state index in [1.165, 1.54) is 17.8 Å². The Labute approximate surface area is 157 Å². The van der Waals surface area contributed by atoms with Gasteiger partial charge in [-0.15, -0.1) is 11.8 Å². The number of hydrogen-bond donors (Lipinski definition) is 1. The summed E-state index contributed by atoms with van der Waals surface area (Å²) in [5, 5.41) is 2.34. The molecule has 0 bridgehead atoms.